The second-order valence-electron chi connectivity index (χ2n) is 3.49. The van der Waals surface area contributed by atoms with Gasteiger partial charge in [0.25, 0.3) is 5.60 Å². The van der Waals surface area contributed by atoms with Gasteiger partial charge in [-0.25, -0.2) is 4.79 Å². The van der Waals surface area contributed by atoms with E-state index in [0.29, 0.717) is 0 Å². The molecule has 0 aromatic heterocycles. The first-order valence-corrected chi connectivity index (χ1v) is 4.30. The zero-order chi connectivity index (χ0) is 12.7. The maximum absolute atomic E-state index is 11.4. The topological polar surface area (TPSA) is 113 Å². The Morgan fingerprint density at radius 1 is 1.31 bits per heavy atom. The van der Waals surface area contributed by atoms with Gasteiger partial charge in [0.05, 0.1) is 14.2 Å². The summed E-state index contributed by atoms with van der Waals surface area (Å²) in [5.41, 5.74) is -5.27. The number of aliphatic hydroxyl groups is 3. The fourth-order valence-corrected chi connectivity index (χ4v) is 1.57. The lowest BCUT2D eigenvalue weighted by Gasteiger charge is -2.31. The summed E-state index contributed by atoms with van der Waals surface area (Å²) in [7, 11) is 2.00. The highest BCUT2D eigenvalue weighted by Crippen LogP contribution is 2.41. The Morgan fingerprint density at radius 2 is 1.81 bits per heavy atom. The first-order chi connectivity index (χ1) is 7.25. The van der Waals surface area contributed by atoms with Crippen LogP contribution in [0.25, 0.3) is 0 Å². The number of hydrogen-bond acceptors (Lipinski definition) is 7. The summed E-state index contributed by atoms with van der Waals surface area (Å²) in [4.78, 5) is 22.8. The van der Waals surface area contributed by atoms with E-state index in [2.05, 4.69) is 9.47 Å². The third-order valence-electron chi connectivity index (χ3n) is 2.59. The van der Waals surface area contributed by atoms with Gasteiger partial charge in [-0.3, -0.25) is 4.79 Å². The molecule has 16 heavy (non-hydrogen) atoms. The van der Waals surface area contributed by atoms with Crippen molar-refractivity contribution in [2.75, 3.05) is 14.2 Å². The molecular weight excluding hydrogens is 220 g/mol. The Morgan fingerprint density at radius 3 is 2.19 bits per heavy atom. The van der Waals surface area contributed by atoms with Gasteiger partial charge in [0, 0.05) is 0 Å². The number of ketones is 1. The molecule has 0 heterocycles. The van der Waals surface area contributed by atoms with Crippen LogP contribution in [0.5, 0.6) is 0 Å². The minimum absolute atomic E-state index is 0.727. The van der Waals surface area contributed by atoms with Gasteiger partial charge in [0.1, 0.15) is 0 Å². The average Bonchev–Trinajstić information content (AvgIpc) is 2.38. The van der Waals surface area contributed by atoms with Gasteiger partial charge < -0.3 is 24.8 Å². The van der Waals surface area contributed by atoms with Crippen molar-refractivity contribution in [3.8, 4) is 0 Å². The van der Waals surface area contributed by atoms with Crippen LogP contribution in [0.2, 0.25) is 0 Å². The van der Waals surface area contributed by atoms with Crippen LogP contribution < -0.4 is 0 Å². The molecule has 0 spiro atoms. The Balaban J connectivity index is 3.46. The first kappa shape index (κ1) is 12.5. The molecule has 1 rings (SSSR count). The monoisotopic (exact) mass is 232 g/mol. The van der Waals surface area contributed by atoms with Crippen molar-refractivity contribution in [3.63, 3.8) is 0 Å². The molecule has 7 nitrogen and oxygen atoms in total. The summed E-state index contributed by atoms with van der Waals surface area (Å²) < 4.78 is 8.84. The van der Waals surface area contributed by atoms with E-state index in [0.717, 1.165) is 21.1 Å². The fraction of sp³-hybridized carbons (Fsp3) is 0.556. The molecule has 0 radical (unpaired) electrons. The smallest absolute Gasteiger partial charge is 0.349 e. The van der Waals surface area contributed by atoms with Gasteiger partial charge in [-0.15, -0.1) is 0 Å². The van der Waals surface area contributed by atoms with Crippen molar-refractivity contribution in [3.05, 3.63) is 11.5 Å². The molecule has 0 bridgehead atoms. The van der Waals surface area contributed by atoms with Gasteiger partial charge in [-0.2, -0.15) is 0 Å². The zero-order valence-corrected chi connectivity index (χ0v) is 8.97. The van der Waals surface area contributed by atoms with E-state index in [1.54, 1.807) is 0 Å². The van der Waals surface area contributed by atoms with Gasteiger partial charge in [0.15, 0.2) is 11.4 Å². The van der Waals surface area contributed by atoms with Crippen LogP contribution in [-0.2, 0) is 19.1 Å². The van der Waals surface area contributed by atoms with E-state index in [9.17, 15) is 24.9 Å². The average molecular weight is 232 g/mol. The largest absolute Gasteiger partial charge is 0.502 e. The van der Waals surface area contributed by atoms with Crippen molar-refractivity contribution in [2.45, 2.75) is 18.1 Å². The Labute approximate surface area is 90.9 Å². The van der Waals surface area contributed by atoms with E-state index >= 15 is 0 Å². The molecule has 0 aromatic carbocycles. The van der Waals surface area contributed by atoms with Crippen molar-refractivity contribution in [1.29, 1.82) is 0 Å². The number of esters is 1. The van der Waals surface area contributed by atoms with Crippen LogP contribution in [0, 0.1) is 0 Å². The molecule has 0 unspecified atom stereocenters. The molecule has 0 saturated carbocycles. The summed E-state index contributed by atoms with van der Waals surface area (Å²) in [5, 5.41) is 29.1. The maximum atomic E-state index is 11.4. The molecule has 0 fully saturated rings. The molecule has 90 valence electrons. The standard InChI is InChI=1S/C9H12O7/c1-8(13)5(11)4(10)6(15-2)9(8,14)7(12)16-3/h10,13-14H,1-3H3/t8-,9-/m1/s1. The fourth-order valence-electron chi connectivity index (χ4n) is 1.57. The quantitative estimate of drug-likeness (QED) is 0.504. The second-order valence-corrected chi connectivity index (χ2v) is 3.49. The van der Waals surface area contributed by atoms with E-state index < -0.39 is 34.5 Å². The number of ether oxygens (including phenoxy) is 2. The molecule has 1 aliphatic carbocycles. The Hall–Kier alpha value is -1.60. The minimum atomic E-state index is -2.74. The second kappa shape index (κ2) is 3.46. The van der Waals surface area contributed by atoms with Crippen molar-refractivity contribution in [1.82, 2.24) is 0 Å². The summed E-state index contributed by atoms with van der Waals surface area (Å²) in [6.07, 6.45) is 0. The predicted octanol–water partition coefficient (Wildman–Crippen LogP) is -1.36. The lowest BCUT2D eigenvalue weighted by Crippen LogP contribution is -2.59. The Bertz CT molecular complexity index is 381. The van der Waals surface area contributed by atoms with E-state index in [4.69, 9.17) is 0 Å². The SMILES string of the molecule is COC(=O)[C@]1(O)C(OC)=C(O)C(=O)[C@@]1(C)O. The lowest BCUT2D eigenvalue weighted by molar-refractivity contribution is -0.187. The highest BCUT2D eigenvalue weighted by atomic mass is 16.6. The predicted molar refractivity (Wildman–Crippen MR) is 49.3 cm³/mol. The normalized spacial score (nSPS) is 34.2. The number of methoxy groups -OCH3 is 2. The van der Waals surface area contributed by atoms with Gasteiger partial charge in [-0.05, 0) is 6.92 Å². The lowest BCUT2D eigenvalue weighted by atomic mass is 9.86. The highest BCUT2D eigenvalue weighted by Gasteiger charge is 2.68. The van der Waals surface area contributed by atoms with Crippen molar-refractivity contribution in [2.24, 2.45) is 0 Å². The van der Waals surface area contributed by atoms with Gasteiger partial charge in [0.2, 0.25) is 11.5 Å². The van der Waals surface area contributed by atoms with Crippen molar-refractivity contribution >= 4 is 11.8 Å². The number of carbonyl (C=O) groups excluding carboxylic acids is 2. The van der Waals surface area contributed by atoms with E-state index in [-0.39, 0.29) is 0 Å². The molecular formula is C9H12O7. The maximum Gasteiger partial charge on any atom is 0.349 e. The number of rotatable bonds is 2. The summed E-state index contributed by atoms with van der Waals surface area (Å²) in [5.74, 6) is -4.24. The molecule has 0 aliphatic heterocycles. The van der Waals surface area contributed by atoms with Crippen LogP contribution >= 0.6 is 0 Å². The number of aliphatic hydroxyl groups excluding tert-OH is 1. The molecule has 3 N–H and O–H groups in total. The van der Waals surface area contributed by atoms with Crippen LogP contribution in [0.1, 0.15) is 6.92 Å². The highest BCUT2D eigenvalue weighted by molar-refractivity contribution is 6.10. The molecule has 0 saturated heterocycles. The minimum Gasteiger partial charge on any atom is -0.502 e. The Kier molecular flexibility index (Phi) is 2.70. The third-order valence-corrected chi connectivity index (χ3v) is 2.59. The van der Waals surface area contributed by atoms with Crippen LogP contribution in [0.3, 0.4) is 0 Å². The number of hydrogen-bond donors (Lipinski definition) is 3. The van der Waals surface area contributed by atoms with Crippen molar-refractivity contribution < 1.29 is 34.4 Å². The third kappa shape index (κ3) is 1.15. The van der Waals surface area contributed by atoms with E-state index in [1.807, 2.05) is 0 Å². The van der Waals surface area contributed by atoms with Gasteiger partial charge >= 0.3 is 5.97 Å². The number of carbonyl (C=O) groups is 2. The van der Waals surface area contributed by atoms with Crippen LogP contribution in [0.4, 0.5) is 0 Å². The summed E-state index contributed by atoms with van der Waals surface area (Å²) >= 11 is 0. The summed E-state index contributed by atoms with van der Waals surface area (Å²) in [6, 6.07) is 0. The van der Waals surface area contributed by atoms with Crippen LogP contribution in [0.15, 0.2) is 11.5 Å². The van der Waals surface area contributed by atoms with Crippen LogP contribution in [-0.4, -0.2) is 52.5 Å². The van der Waals surface area contributed by atoms with E-state index in [1.165, 1.54) is 0 Å². The first-order valence-electron chi connectivity index (χ1n) is 4.30. The molecule has 0 amide bonds. The summed E-state index contributed by atoms with van der Waals surface area (Å²) in [6.45, 7) is 0.883. The molecule has 2 atom stereocenters. The molecule has 1 aliphatic rings. The zero-order valence-electron chi connectivity index (χ0n) is 8.97. The molecule has 7 heteroatoms. The number of Topliss-reactive ketones (excluding diaryl/α,β-unsaturated/α-hetero) is 1. The molecule has 0 aromatic rings. The van der Waals surface area contributed by atoms with Gasteiger partial charge in [-0.1, -0.05) is 0 Å².